The predicted molar refractivity (Wildman–Crippen MR) is 73.8 cm³/mol. The van der Waals surface area contributed by atoms with Gasteiger partial charge in [0.25, 0.3) is 0 Å². The first-order valence-corrected chi connectivity index (χ1v) is 7.02. The van der Waals surface area contributed by atoms with E-state index < -0.39 is 0 Å². The van der Waals surface area contributed by atoms with Crippen LogP contribution >= 0.6 is 0 Å². The average molecular weight is 251 g/mol. The Morgan fingerprint density at radius 2 is 2.17 bits per heavy atom. The molecule has 1 N–H and O–H groups in total. The van der Waals surface area contributed by atoms with Crippen molar-refractivity contribution < 1.29 is 4.74 Å². The molecule has 0 atom stereocenters. The molecule has 0 radical (unpaired) electrons. The molecule has 4 heteroatoms. The van der Waals surface area contributed by atoms with E-state index in [4.69, 9.17) is 4.74 Å². The van der Waals surface area contributed by atoms with E-state index in [1.807, 2.05) is 12.4 Å². The lowest BCUT2D eigenvalue weighted by Gasteiger charge is -2.35. The second-order valence-corrected chi connectivity index (χ2v) is 5.54. The van der Waals surface area contributed by atoms with Gasteiger partial charge in [0.1, 0.15) is 0 Å². The van der Waals surface area contributed by atoms with Gasteiger partial charge in [-0.15, -0.1) is 0 Å². The van der Waals surface area contributed by atoms with E-state index in [1.165, 1.54) is 32.1 Å². The molecule has 1 aliphatic rings. The second-order valence-electron chi connectivity index (χ2n) is 5.54. The van der Waals surface area contributed by atoms with Gasteiger partial charge in [0.2, 0.25) is 5.95 Å². The summed E-state index contributed by atoms with van der Waals surface area (Å²) in [6, 6.07) is 0. The molecule has 1 heterocycles. The zero-order valence-electron chi connectivity index (χ0n) is 11.6. The lowest BCUT2D eigenvalue weighted by atomic mass is 9.83. The summed E-state index contributed by atoms with van der Waals surface area (Å²) >= 11 is 0. The molecule has 1 fully saturated rings. The first kappa shape index (κ1) is 13.4. The maximum absolute atomic E-state index is 5.10. The maximum Gasteiger partial charge on any atom is 0.203 e. The molecule has 4 nitrogen and oxygen atoms in total. The minimum atomic E-state index is 0.225. The molecule has 1 saturated carbocycles. The van der Waals surface area contributed by atoms with E-state index in [0.717, 1.165) is 25.5 Å². The molecule has 0 aromatic carbocycles. The van der Waals surface area contributed by atoms with Crippen LogP contribution in [0.5, 0.6) is 0 Å². The Labute approximate surface area is 110 Å². The van der Waals surface area contributed by atoms with Crippen LogP contribution in [0.2, 0.25) is 0 Å². The summed E-state index contributed by atoms with van der Waals surface area (Å²) in [5, 5.41) is 3.64. The van der Waals surface area contributed by atoms with Crippen LogP contribution in [-0.4, -0.2) is 28.8 Å². The largest absolute Gasteiger partial charge is 0.385 e. The van der Waals surface area contributed by atoms with Gasteiger partial charge < -0.3 is 14.6 Å². The summed E-state index contributed by atoms with van der Waals surface area (Å²) in [7, 11) is 1.75. The van der Waals surface area contributed by atoms with Crippen molar-refractivity contribution in [3.63, 3.8) is 0 Å². The van der Waals surface area contributed by atoms with Gasteiger partial charge in [-0.25, -0.2) is 4.98 Å². The third-order valence-electron chi connectivity index (χ3n) is 3.83. The number of hydrogen-bond acceptors (Lipinski definition) is 3. The molecule has 0 bridgehead atoms. The summed E-state index contributed by atoms with van der Waals surface area (Å²) in [6.07, 6.45) is 11.5. The number of aryl methyl sites for hydroxylation is 1. The van der Waals surface area contributed by atoms with E-state index in [1.54, 1.807) is 7.11 Å². The fraction of sp³-hybridized carbons (Fsp3) is 0.786. The first-order valence-electron chi connectivity index (χ1n) is 7.02. The number of hydrogen-bond donors (Lipinski definition) is 1. The van der Waals surface area contributed by atoms with Crippen LogP contribution < -0.4 is 5.32 Å². The van der Waals surface area contributed by atoms with Crippen LogP contribution in [0.1, 0.15) is 45.4 Å². The fourth-order valence-corrected chi connectivity index (χ4v) is 2.72. The van der Waals surface area contributed by atoms with Gasteiger partial charge in [0.05, 0.1) is 0 Å². The summed E-state index contributed by atoms with van der Waals surface area (Å²) in [5.74, 6) is 1.01. The third-order valence-corrected chi connectivity index (χ3v) is 3.83. The Morgan fingerprint density at radius 1 is 1.39 bits per heavy atom. The van der Waals surface area contributed by atoms with Crippen molar-refractivity contribution >= 4 is 5.95 Å². The molecule has 1 aromatic heterocycles. The molecule has 18 heavy (non-hydrogen) atoms. The predicted octanol–water partition coefficient (Wildman–Crippen LogP) is 3.05. The molecule has 1 aromatic rings. The summed E-state index contributed by atoms with van der Waals surface area (Å²) < 4.78 is 7.29. The van der Waals surface area contributed by atoms with Gasteiger partial charge >= 0.3 is 0 Å². The average Bonchev–Trinajstić information content (AvgIpc) is 2.77. The monoisotopic (exact) mass is 251 g/mol. The van der Waals surface area contributed by atoms with Crippen molar-refractivity contribution in [2.45, 2.75) is 57.5 Å². The number of nitrogens with one attached hydrogen (secondary N) is 1. The van der Waals surface area contributed by atoms with Gasteiger partial charge in [-0.2, -0.15) is 0 Å². The Balaban J connectivity index is 1.93. The SMILES string of the molecule is COCCCn1ccnc1NC1(C)CCCCC1. The highest BCUT2D eigenvalue weighted by Crippen LogP contribution is 2.30. The summed E-state index contributed by atoms with van der Waals surface area (Å²) in [5.41, 5.74) is 0.225. The highest BCUT2D eigenvalue weighted by atomic mass is 16.5. The van der Waals surface area contributed by atoms with Crippen LogP contribution in [0.15, 0.2) is 12.4 Å². The van der Waals surface area contributed by atoms with E-state index in [-0.39, 0.29) is 5.54 Å². The van der Waals surface area contributed by atoms with E-state index >= 15 is 0 Å². The van der Waals surface area contributed by atoms with E-state index in [2.05, 4.69) is 21.8 Å². The summed E-state index contributed by atoms with van der Waals surface area (Å²) in [4.78, 5) is 4.45. The van der Waals surface area contributed by atoms with Gasteiger partial charge in [0, 0.05) is 38.2 Å². The van der Waals surface area contributed by atoms with Crippen molar-refractivity contribution in [1.29, 1.82) is 0 Å². The maximum atomic E-state index is 5.10. The molecule has 0 spiro atoms. The molecular formula is C14H25N3O. The van der Waals surface area contributed by atoms with Crippen molar-refractivity contribution in [3.05, 3.63) is 12.4 Å². The van der Waals surface area contributed by atoms with Gasteiger partial charge in [-0.05, 0) is 26.2 Å². The number of methoxy groups -OCH3 is 1. The van der Waals surface area contributed by atoms with E-state index in [9.17, 15) is 0 Å². The Bertz CT molecular complexity index is 356. The van der Waals surface area contributed by atoms with Gasteiger partial charge in [-0.3, -0.25) is 0 Å². The number of nitrogens with zero attached hydrogens (tertiary/aromatic N) is 2. The number of imidazole rings is 1. The molecule has 0 saturated heterocycles. The van der Waals surface area contributed by atoms with Crippen molar-refractivity contribution in [1.82, 2.24) is 9.55 Å². The van der Waals surface area contributed by atoms with Crippen LogP contribution in [0.3, 0.4) is 0 Å². The van der Waals surface area contributed by atoms with Crippen molar-refractivity contribution in [3.8, 4) is 0 Å². The molecule has 0 amide bonds. The normalized spacial score (nSPS) is 18.8. The minimum Gasteiger partial charge on any atom is -0.385 e. The van der Waals surface area contributed by atoms with E-state index in [0.29, 0.717) is 0 Å². The zero-order chi connectivity index (χ0) is 12.8. The lowest BCUT2D eigenvalue weighted by Crippen LogP contribution is -2.37. The topological polar surface area (TPSA) is 39.1 Å². The smallest absolute Gasteiger partial charge is 0.203 e. The molecule has 1 aliphatic carbocycles. The second kappa shape index (κ2) is 6.23. The minimum absolute atomic E-state index is 0.225. The Morgan fingerprint density at radius 3 is 2.89 bits per heavy atom. The highest BCUT2D eigenvalue weighted by Gasteiger charge is 2.27. The molecule has 0 unspecified atom stereocenters. The fourth-order valence-electron chi connectivity index (χ4n) is 2.72. The third kappa shape index (κ3) is 3.48. The van der Waals surface area contributed by atoms with Crippen molar-refractivity contribution in [2.24, 2.45) is 0 Å². The van der Waals surface area contributed by atoms with Crippen LogP contribution in [-0.2, 0) is 11.3 Å². The molecule has 2 rings (SSSR count). The van der Waals surface area contributed by atoms with Gasteiger partial charge in [0.15, 0.2) is 0 Å². The first-order chi connectivity index (χ1) is 8.73. The number of aromatic nitrogens is 2. The number of anilines is 1. The van der Waals surface area contributed by atoms with Crippen LogP contribution in [0.25, 0.3) is 0 Å². The standard InChI is InChI=1S/C14H25N3O/c1-14(7-4-3-5-8-14)16-13-15-9-11-17(13)10-6-12-18-2/h9,11H,3-8,10,12H2,1-2H3,(H,15,16). The van der Waals surface area contributed by atoms with Gasteiger partial charge in [-0.1, -0.05) is 19.3 Å². The van der Waals surface area contributed by atoms with Crippen LogP contribution in [0.4, 0.5) is 5.95 Å². The number of ether oxygens (including phenoxy) is 1. The Hall–Kier alpha value is -1.03. The number of rotatable bonds is 6. The van der Waals surface area contributed by atoms with Crippen molar-refractivity contribution in [2.75, 3.05) is 19.0 Å². The Kier molecular flexibility index (Phi) is 4.64. The quantitative estimate of drug-likeness (QED) is 0.790. The lowest BCUT2D eigenvalue weighted by molar-refractivity contribution is 0.190. The van der Waals surface area contributed by atoms with Crippen LogP contribution in [0, 0.1) is 0 Å². The molecular weight excluding hydrogens is 226 g/mol. The highest BCUT2D eigenvalue weighted by molar-refractivity contribution is 5.30. The summed E-state index contributed by atoms with van der Waals surface area (Å²) in [6.45, 7) is 4.08. The zero-order valence-corrected chi connectivity index (χ0v) is 11.6. The molecule has 102 valence electrons. The molecule has 0 aliphatic heterocycles.